The predicted molar refractivity (Wildman–Crippen MR) is 236 cm³/mol. The van der Waals surface area contributed by atoms with E-state index in [1.54, 1.807) is 0 Å². The SMILES string of the molecule is COC(=O)NC(C(=O)N1C[C@@H](C)C[C@H]1c1ncc(-c2ccc(-c3ccc(-c4cnc([C@@H]5C[C@H](C)CN5C(=O)[C@@H](NC(=O)OC)C(C)C)[nH]4)c4c3C3CC4CC3C)cc2)[nH]1)C(C)C. The monoisotopic (exact) mass is 846 g/mol. The predicted octanol–water partition coefficient (Wildman–Crippen LogP) is 8.32. The number of nitrogens with zero attached hydrogens (tertiary/aromatic N) is 4. The Kier molecular flexibility index (Phi) is 12.0. The molecule has 14 nitrogen and oxygen atoms in total. The summed E-state index contributed by atoms with van der Waals surface area (Å²) in [6.45, 7) is 15.5. The second-order valence-electron chi connectivity index (χ2n) is 19.1. The average Bonchev–Trinajstić information content (AvgIpc) is 4.12. The molecule has 4 aromatic rings. The number of carbonyl (C=O) groups excluding carboxylic acids is 4. The molecule has 2 aliphatic heterocycles. The summed E-state index contributed by atoms with van der Waals surface area (Å²) in [6.07, 6.45) is 6.38. The summed E-state index contributed by atoms with van der Waals surface area (Å²) in [4.78, 5) is 72.7. The molecule has 14 heteroatoms. The Hall–Kier alpha value is -5.66. The van der Waals surface area contributed by atoms with Gasteiger partial charge in [0, 0.05) is 18.7 Å². The number of nitrogens with one attached hydrogen (secondary N) is 4. The van der Waals surface area contributed by atoms with Gasteiger partial charge in [-0.25, -0.2) is 19.6 Å². The van der Waals surface area contributed by atoms with Crippen molar-refractivity contribution in [3.8, 4) is 33.6 Å². The van der Waals surface area contributed by atoms with E-state index in [9.17, 15) is 19.2 Å². The van der Waals surface area contributed by atoms with Gasteiger partial charge < -0.3 is 39.9 Å². The zero-order valence-corrected chi connectivity index (χ0v) is 37.5. The number of H-pyrrole nitrogens is 2. The number of amides is 4. The minimum Gasteiger partial charge on any atom is -0.453 e. The number of aromatic nitrogens is 4. The maximum Gasteiger partial charge on any atom is 0.407 e. The van der Waals surface area contributed by atoms with Gasteiger partial charge in [-0.2, -0.15) is 0 Å². The van der Waals surface area contributed by atoms with Gasteiger partial charge in [0.1, 0.15) is 23.7 Å². The van der Waals surface area contributed by atoms with Crippen LogP contribution in [-0.4, -0.2) is 93.1 Å². The third-order valence-corrected chi connectivity index (χ3v) is 13.9. The highest BCUT2D eigenvalue weighted by molar-refractivity contribution is 5.87. The van der Waals surface area contributed by atoms with Crippen molar-refractivity contribution in [1.29, 1.82) is 0 Å². The van der Waals surface area contributed by atoms with Crippen LogP contribution in [0.3, 0.4) is 0 Å². The molecular weight excluding hydrogens is 785 g/mol. The van der Waals surface area contributed by atoms with Gasteiger partial charge in [-0.05, 0) is 94.9 Å². The average molecular weight is 847 g/mol. The second kappa shape index (κ2) is 17.2. The number of aromatic amines is 2. The Bertz CT molecular complexity index is 2320. The molecular formula is C48H62N8O6. The van der Waals surface area contributed by atoms with E-state index in [-0.39, 0.29) is 47.6 Å². The van der Waals surface area contributed by atoms with Crippen LogP contribution in [0.1, 0.15) is 121 Å². The van der Waals surface area contributed by atoms with Crippen molar-refractivity contribution < 1.29 is 28.7 Å². The number of carbonyl (C=O) groups is 4. The quantitative estimate of drug-likeness (QED) is 0.117. The van der Waals surface area contributed by atoms with Gasteiger partial charge in [0.2, 0.25) is 11.8 Å². The standard InChI is InChI=1S/C48H62N8O6/c1-24(2)41(53-47(59)61-8)45(57)55-22-26(5)16-37(55)43-49-20-35(51-43)30-12-10-29(11-13-30)32-14-15-33(39-31-18-28(7)34(19-31)40(32)39)36-21-50-44(52-36)38-17-27(6)23-56(38)46(58)42(25(3)4)54-48(60)62-9/h10-15,20-21,24-28,31,34,37-38,41-42H,16-19,22-23H2,1-9H3,(H,49,51)(H,50,52)(H,53,59)(H,54,60)/t26-,27-,28?,31?,34?,37-,38-,41?,42-/m0/s1. The lowest BCUT2D eigenvalue weighted by Crippen LogP contribution is -2.51. The number of alkyl carbamates (subject to hydrolysis) is 2. The van der Waals surface area contributed by atoms with E-state index < -0.39 is 24.3 Å². The summed E-state index contributed by atoms with van der Waals surface area (Å²) in [5.41, 5.74) is 9.28. The molecule has 2 saturated heterocycles. The van der Waals surface area contributed by atoms with E-state index in [1.165, 1.54) is 36.5 Å². The molecule has 4 unspecified atom stereocenters. The highest BCUT2D eigenvalue weighted by Gasteiger charge is 2.46. The van der Waals surface area contributed by atoms with Crippen molar-refractivity contribution in [2.75, 3.05) is 27.3 Å². The molecule has 62 heavy (non-hydrogen) atoms. The molecule has 2 aliphatic carbocycles. The van der Waals surface area contributed by atoms with Crippen molar-refractivity contribution in [2.24, 2.45) is 29.6 Å². The second-order valence-corrected chi connectivity index (χ2v) is 19.1. The molecule has 2 bridgehead atoms. The smallest absolute Gasteiger partial charge is 0.407 e. The summed E-state index contributed by atoms with van der Waals surface area (Å²) in [5.74, 6) is 3.10. The van der Waals surface area contributed by atoms with Crippen LogP contribution in [0.2, 0.25) is 0 Å². The van der Waals surface area contributed by atoms with Crippen LogP contribution in [0.5, 0.6) is 0 Å². The number of ether oxygens (including phenoxy) is 2. The number of rotatable bonds is 11. The van der Waals surface area contributed by atoms with Crippen molar-refractivity contribution in [2.45, 2.75) is 110 Å². The minimum atomic E-state index is -0.700. The topological polar surface area (TPSA) is 175 Å². The largest absolute Gasteiger partial charge is 0.453 e. The van der Waals surface area contributed by atoms with Crippen LogP contribution in [0.15, 0.2) is 48.8 Å². The summed E-state index contributed by atoms with van der Waals surface area (Å²) in [6, 6.07) is 11.3. The number of benzene rings is 2. The lowest BCUT2D eigenvalue weighted by molar-refractivity contribution is -0.136. The molecule has 4 heterocycles. The molecule has 2 aromatic heterocycles. The van der Waals surface area contributed by atoms with Crippen molar-refractivity contribution in [3.63, 3.8) is 0 Å². The summed E-state index contributed by atoms with van der Waals surface area (Å²) >= 11 is 0. The molecule has 9 atom stereocenters. The van der Waals surface area contributed by atoms with E-state index in [0.717, 1.165) is 59.8 Å². The first-order valence-corrected chi connectivity index (χ1v) is 22.3. The fraction of sp³-hybridized carbons (Fsp3) is 0.542. The zero-order chi connectivity index (χ0) is 44.1. The number of fused-ring (bicyclic) bond motifs is 5. The van der Waals surface area contributed by atoms with E-state index >= 15 is 0 Å². The summed E-state index contributed by atoms with van der Waals surface area (Å²) in [5, 5.41) is 5.49. The first-order chi connectivity index (χ1) is 29.7. The molecule has 330 valence electrons. The maximum atomic E-state index is 13.9. The highest BCUT2D eigenvalue weighted by Crippen LogP contribution is 2.60. The maximum absolute atomic E-state index is 13.9. The van der Waals surface area contributed by atoms with Gasteiger partial charge >= 0.3 is 12.2 Å². The summed E-state index contributed by atoms with van der Waals surface area (Å²) in [7, 11) is 2.61. The van der Waals surface area contributed by atoms with Crippen LogP contribution in [0.25, 0.3) is 33.6 Å². The Morgan fingerprint density at radius 1 is 0.645 bits per heavy atom. The van der Waals surface area contributed by atoms with Crippen LogP contribution in [0, 0.1) is 29.6 Å². The van der Waals surface area contributed by atoms with E-state index in [1.807, 2.05) is 49.9 Å². The molecule has 2 aromatic carbocycles. The first kappa shape index (κ1) is 43.0. The number of hydrogen-bond acceptors (Lipinski definition) is 8. The molecule has 4 aliphatic rings. The highest BCUT2D eigenvalue weighted by atomic mass is 16.5. The number of imidazole rings is 2. The van der Waals surface area contributed by atoms with Gasteiger partial charge in [0.05, 0.1) is 50.1 Å². The van der Waals surface area contributed by atoms with Gasteiger partial charge in [-0.1, -0.05) is 84.9 Å². The van der Waals surface area contributed by atoms with E-state index in [0.29, 0.717) is 30.8 Å². The number of methoxy groups -OCH3 is 2. The molecule has 8 rings (SSSR count). The molecule has 3 fully saturated rings. The Labute approximate surface area is 364 Å². The normalized spacial score (nSPS) is 25.0. The molecule has 4 N–H and O–H groups in total. The lowest BCUT2D eigenvalue weighted by atomic mass is 9.78. The van der Waals surface area contributed by atoms with Crippen LogP contribution in [0.4, 0.5) is 9.59 Å². The van der Waals surface area contributed by atoms with Gasteiger partial charge in [-0.3, -0.25) is 9.59 Å². The Morgan fingerprint density at radius 2 is 1.13 bits per heavy atom. The number of hydrogen-bond donors (Lipinski definition) is 4. The van der Waals surface area contributed by atoms with Crippen LogP contribution < -0.4 is 10.6 Å². The molecule has 0 radical (unpaired) electrons. The lowest BCUT2D eigenvalue weighted by Gasteiger charge is -2.30. The van der Waals surface area contributed by atoms with Gasteiger partial charge in [-0.15, -0.1) is 0 Å². The Balaban J connectivity index is 1.04. The molecule has 0 spiro atoms. The van der Waals surface area contributed by atoms with Gasteiger partial charge in [0.25, 0.3) is 0 Å². The molecule has 4 amide bonds. The Morgan fingerprint density at radius 3 is 1.65 bits per heavy atom. The fourth-order valence-electron chi connectivity index (χ4n) is 10.8. The minimum absolute atomic E-state index is 0.114. The van der Waals surface area contributed by atoms with Gasteiger partial charge in [0.15, 0.2) is 0 Å². The number of likely N-dealkylation sites (tertiary alicyclic amines) is 2. The van der Waals surface area contributed by atoms with Crippen LogP contribution in [-0.2, 0) is 19.1 Å². The zero-order valence-electron chi connectivity index (χ0n) is 37.5. The molecule has 1 saturated carbocycles. The van der Waals surface area contributed by atoms with Crippen molar-refractivity contribution in [3.05, 3.63) is 71.6 Å². The van der Waals surface area contributed by atoms with E-state index in [4.69, 9.17) is 19.4 Å². The van der Waals surface area contributed by atoms with E-state index in [2.05, 4.69) is 77.8 Å². The van der Waals surface area contributed by atoms with Crippen molar-refractivity contribution >= 4 is 24.0 Å². The third-order valence-electron chi connectivity index (χ3n) is 13.9. The summed E-state index contributed by atoms with van der Waals surface area (Å²) < 4.78 is 9.65. The van der Waals surface area contributed by atoms with Crippen molar-refractivity contribution in [1.82, 2.24) is 40.4 Å². The first-order valence-electron chi connectivity index (χ1n) is 22.3. The third kappa shape index (κ3) is 7.96. The fourth-order valence-corrected chi connectivity index (χ4v) is 10.8. The van der Waals surface area contributed by atoms with Crippen LogP contribution >= 0.6 is 0 Å².